The molecule has 0 spiro atoms. The minimum Gasteiger partial charge on any atom is -0.450 e. The van der Waals surface area contributed by atoms with E-state index in [0.29, 0.717) is 16.5 Å². The number of rotatable bonds is 5. The van der Waals surface area contributed by atoms with Crippen LogP contribution in [0.25, 0.3) is 21.4 Å². The van der Waals surface area contributed by atoms with Crippen molar-refractivity contribution in [3.63, 3.8) is 0 Å². The molecule has 0 saturated heterocycles. The third-order valence-corrected chi connectivity index (χ3v) is 6.48. The highest BCUT2D eigenvalue weighted by Gasteiger charge is 2.26. The summed E-state index contributed by atoms with van der Waals surface area (Å²) in [6, 6.07) is 20.8. The average molecular weight is 471 g/mol. The quantitative estimate of drug-likeness (QED) is 0.287. The molecule has 168 valence electrons. The van der Waals surface area contributed by atoms with Gasteiger partial charge in [-0.1, -0.05) is 54.6 Å². The molecule has 3 aromatic carbocycles. The smallest absolute Gasteiger partial charge is 0.275 e. The minimum atomic E-state index is -0.525. The van der Waals surface area contributed by atoms with Crippen LogP contribution in [-0.2, 0) is 0 Å². The molecule has 2 heterocycles. The molecule has 5 nitrogen and oxygen atoms in total. The molecule has 1 N–H and O–H groups in total. The Bertz CT molecular complexity index is 1550. The number of halogens is 1. The van der Waals surface area contributed by atoms with Gasteiger partial charge >= 0.3 is 0 Å². The SMILES string of the molecule is Cc1nc(C(=O)Nc2c(C(=O)c3ccc(C)c(F)c3)oc3ccccc23)c(-c2ccccc2)s1. The number of carbonyl (C=O) groups excluding carboxylic acids is 2. The number of thiazole rings is 1. The van der Waals surface area contributed by atoms with Crippen LogP contribution >= 0.6 is 11.3 Å². The van der Waals surface area contributed by atoms with E-state index in [4.69, 9.17) is 4.42 Å². The third-order valence-electron chi connectivity index (χ3n) is 5.46. The van der Waals surface area contributed by atoms with Crippen molar-refractivity contribution in [3.05, 3.63) is 106 Å². The Hall–Kier alpha value is -4.10. The molecule has 5 aromatic rings. The van der Waals surface area contributed by atoms with E-state index in [1.54, 1.807) is 31.2 Å². The molecular weight excluding hydrogens is 451 g/mol. The van der Waals surface area contributed by atoms with Crippen LogP contribution in [0.5, 0.6) is 0 Å². The maximum absolute atomic E-state index is 14.1. The lowest BCUT2D eigenvalue weighted by Gasteiger charge is -2.07. The van der Waals surface area contributed by atoms with E-state index in [0.717, 1.165) is 15.4 Å². The molecule has 0 atom stereocenters. The molecule has 0 fully saturated rings. The number of amides is 1. The summed E-state index contributed by atoms with van der Waals surface area (Å²) >= 11 is 1.42. The van der Waals surface area contributed by atoms with Crippen LogP contribution in [0.2, 0.25) is 0 Å². The van der Waals surface area contributed by atoms with Crippen LogP contribution in [0.15, 0.2) is 77.2 Å². The normalized spacial score (nSPS) is 11.0. The summed E-state index contributed by atoms with van der Waals surface area (Å²) in [7, 11) is 0. The zero-order chi connectivity index (χ0) is 23.8. The van der Waals surface area contributed by atoms with Gasteiger partial charge in [0.25, 0.3) is 5.91 Å². The van der Waals surface area contributed by atoms with Gasteiger partial charge in [0, 0.05) is 10.9 Å². The molecule has 2 aromatic heterocycles. The summed E-state index contributed by atoms with van der Waals surface area (Å²) in [5, 5.41) is 4.16. The summed E-state index contributed by atoms with van der Waals surface area (Å²) < 4.78 is 20.0. The number of aromatic nitrogens is 1. The maximum Gasteiger partial charge on any atom is 0.275 e. The number of fused-ring (bicyclic) bond motifs is 1. The van der Waals surface area contributed by atoms with Gasteiger partial charge in [-0.05, 0) is 43.2 Å². The molecule has 0 bridgehead atoms. The number of benzene rings is 3. The predicted octanol–water partition coefficient (Wildman–Crippen LogP) is 6.80. The van der Waals surface area contributed by atoms with Crippen molar-refractivity contribution in [1.29, 1.82) is 0 Å². The van der Waals surface area contributed by atoms with Crippen molar-refractivity contribution in [3.8, 4) is 10.4 Å². The Kier molecular flexibility index (Phi) is 5.55. The summed E-state index contributed by atoms with van der Waals surface area (Å²) in [4.78, 5) is 31.9. The number of furan rings is 1. The molecule has 7 heteroatoms. The van der Waals surface area contributed by atoms with Gasteiger partial charge in [0.15, 0.2) is 5.76 Å². The Labute approximate surface area is 198 Å². The number of ketones is 1. The Balaban J connectivity index is 1.58. The number of hydrogen-bond acceptors (Lipinski definition) is 5. The Morgan fingerprint density at radius 1 is 0.971 bits per heavy atom. The summed E-state index contributed by atoms with van der Waals surface area (Å²) in [6.45, 7) is 3.46. The van der Waals surface area contributed by atoms with Gasteiger partial charge in [-0.3, -0.25) is 9.59 Å². The summed E-state index contributed by atoms with van der Waals surface area (Å²) in [5.74, 6) is -1.54. The fourth-order valence-electron chi connectivity index (χ4n) is 3.73. The van der Waals surface area contributed by atoms with E-state index in [9.17, 15) is 14.0 Å². The van der Waals surface area contributed by atoms with Crippen LogP contribution < -0.4 is 5.32 Å². The molecule has 5 rings (SSSR count). The number of nitrogens with zero attached hydrogens (tertiary/aromatic N) is 1. The van der Waals surface area contributed by atoms with Gasteiger partial charge in [0.2, 0.25) is 5.78 Å². The monoisotopic (exact) mass is 470 g/mol. The molecule has 0 radical (unpaired) electrons. The topological polar surface area (TPSA) is 72.2 Å². The number of carbonyl (C=O) groups is 2. The van der Waals surface area contributed by atoms with Gasteiger partial charge in [-0.15, -0.1) is 11.3 Å². The van der Waals surface area contributed by atoms with E-state index in [2.05, 4.69) is 10.3 Å². The number of aryl methyl sites for hydroxylation is 2. The summed E-state index contributed by atoms with van der Waals surface area (Å²) in [5.41, 5.74) is 2.37. The highest BCUT2D eigenvalue weighted by atomic mass is 32.1. The number of para-hydroxylation sites is 1. The van der Waals surface area contributed by atoms with Crippen molar-refractivity contribution >= 4 is 39.7 Å². The molecular formula is C27H19FN2O3S. The van der Waals surface area contributed by atoms with Crippen LogP contribution in [-0.4, -0.2) is 16.7 Å². The van der Waals surface area contributed by atoms with E-state index >= 15 is 0 Å². The molecule has 1 amide bonds. The lowest BCUT2D eigenvalue weighted by atomic mass is 10.0. The van der Waals surface area contributed by atoms with Gasteiger partial charge in [0.05, 0.1) is 15.6 Å². The van der Waals surface area contributed by atoms with Gasteiger partial charge in [0.1, 0.15) is 17.1 Å². The van der Waals surface area contributed by atoms with E-state index in [1.807, 2.05) is 37.3 Å². The molecule has 0 unspecified atom stereocenters. The van der Waals surface area contributed by atoms with Crippen molar-refractivity contribution in [1.82, 2.24) is 4.98 Å². The van der Waals surface area contributed by atoms with Crippen LogP contribution in [0.1, 0.15) is 37.2 Å². The lowest BCUT2D eigenvalue weighted by Crippen LogP contribution is -2.15. The van der Waals surface area contributed by atoms with Crippen molar-refractivity contribution in [2.45, 2.75) is 13.8 Å². The second-order valence-electron chi connectivity index (χ2n) is 7.83. The predicted molar refractivity (Wildman–Crippen MR) is 131 cm³/mol. The first kappa shape index (κ1) is 21.7. The standard InChI is InChI=1S/C27H19FN2O3S/c1-15-12-13-18(14-20(15)28)24(31)25-22(19-10-6-7-11-21(19)33-25)30-27(32)23-26(34-16(2)29-23)17-8-4-3-5-9-17/h3-14H,1-2H3,(H,30,32). The minimum absolute atomic E-state index is 0.0639. The number of anilines is 1. The first-order valence-corrected chi connectivity index (χ1v) is 11.4. The molecule has 0 aliphatic heterocycles. The Morgan fingerprint density at radius 3 is 2.47 bits per heavy atom. The second-order valence-corrected chi connectivity index (χ2v) is 9.03. The third kappa shape index (κ3) is 3.91. The highest BCUT2D eigenvalue weighted by Crippen LogP contribution is 2.35. The van der Waals surface area contributed by atoms with E-state index in [1.165, 1.54) is 29.5 Å². The van der Waals surface area contributed by atoms with Crippen molar-refractivity contribution in [2.75, 3.05) is 5.32 Å². The zero-order valence-corrected chi connectivity index (χ0v) is 19.2. The average Bonchev–Trinajstić information content (AvgIpc) is 3.42. The lowest BCUT2D eigenvalue weighted by molar-refractivity contribution is 0.101. The molecule has 0 aliphatic carbocycles. The molecule has 34 heavy (non-hydrogen) atoms. The highest BCUT2D eigenvalue weighted by molar-refractivity contribution is 7.15. The van der Waals surface area contributed by atoms with Crippen LogP contribution in [0.4, 0.5) is 10.1 Å². The van der Waals surface area contributed by atoms with Crippen LogP contribution in [0.3, 0.4) is 0 Å². The fourth-order valence-corrected chi connectivity index (χ4v) is 4.65. The molecule has 0 saturated carbocycles. The molecule has 0 aliphatic rings. The van der Waals surface area contributed by atoms with Gasteiger partial charge < -0.3 is 9.73 Å². The van der Waals surface area contributed by atoms with Crippen LogP contribution in [0, 0.1) is 19.7 Å². The second kappa shape index (κ2) is 8.68. The van der Waals surface area contributed by atoms with E-state index < -0.39 is 17.5 Å². The summed E-state index contributed by atoms with van der Waals surface area (Å²) in [6.07, 6.45) is 0. The van der Waals surface area contributed by atoms with Gasteiger partial charge in [-0.25, -0.2) is 9.37 Å². The van der Waals surface area contributed by atoms with E-state index in [-0.39, 0.29) is 22.7 Å². The zero-order valence-electron chi connectivity index (χ0n) is 18.4. The fraction of sp³-hybridized carbons (Fsp3) is 0.0741. The van der Waals surface area contributed by atoms with Crippen molar-refractivity contribution in [2.24, 2.45) is 0 Å². The number of nitrogens with one attached hydrogen (secondary N) is 1. The number of hydrogen-bond donors (Lipinski definition) is 1. The largest absolute Gasteiger partial charge is 0.450 e. The first-order valence-electron chi connectivity index (χ1n) is 10.6. The van der Waals surface area contributed by atoms with Gasteiger partial charge in [-0.2, -0.15) is 0 Å². The van der Waals surface area contributed by atoms with Crippen molar-refractivity contribution < 1.29 is 18.4 Å². The maximum atomic E-state index is 14.1. The Morgan fingerprint density at radius 2 is 1.71 bits per heavy atom. The first-order chi connectivity index (χ1) is 16.4.